The standard InChI is InChI=1S/C26H20N2O5S/c1-32-16-12-10-15(11-13-16)14-28-19-8-4-2-6-17(19)23-21(25(28)30)22(29)24(26(31)33-23)34-20-9-5-3-7-18(20)27/h2-13,29H,14,27H2,1H3. The molecule has 0 amide bonds. The Bertz CT molecular complexity index is 1660. The topological polar surface area (TPSA) is 108 Å². The molecule has 3 aromatic carbocycles. The second-order valence-corrected chi connectivity index (χ2v) is 8.72. The third-order valence-corrected chi connectivity index (χ3v) is 6.74. The van der Waals surface area contributed by atoms with Crippen LogP contribution < -0.4 is 21.7 Å². The Kier molecular flexibility index (Phi) is 5.51. The number of nitrogen functional groups attached to an aromatic ring is 1. The molecule has 3 N–H and O–H groups in total. The lowest BCUT2D eigenvalue weighted by Gasteiger charge is -2.14. The molecular weight excluding hydrogens is 452 g/mol. The molecule has 0 saturated carbocycles. The minimum atomic E-state index is -0.740. The van der Waals surface area contributed by atoms with Crippen LogP contribution in [-0.2, 0) is 6.54 Å². The normalized spacial score (nSPS) is 11.2. The summed E-state index contributed by atoms with van der Waals surface area (Å²) in [5.74, 6) is 0.291. The molecule has 0 spiro atoms. The minimum Gasteiger partial charge on any atom is -0.505 e. The lowest BCUT2D eigenvalue weighted by Crippen LogP contribution is -2.22. The third kappa shape index (κ3) is 3.68. The van der Waals surface area contributed by atoms with Crippen LogP contribution in [0.2, 0.25) is 0 Å². The van der Waals surface area contributed by atoms with Crippen LogP contribution in [-0.4, -0.2) is 16.8 Å². The van der Waals surface area contributed by atoms with Crippen molar-refractivity contribution in [2.75, 3.05) is 12.8 Å². The molecule has 7 nitrogen and oxygen atoms in total. The van der Waals surface area contributed by atoms with Gasteiger partial charge in [-0.05, 0) is 42.0 Å². The molecule has 170 valence electrons. The van der Waals surface area contributed by atoms with Crippen LogP contribution in [0.1, 0.15) is 5.56 Å². The number of aromatic nitrogens is 1. The van der Waals surface area contributed by atoms with Crippen LogP contribution in [0.15, 0.2) is 96.6 Å². The summed E-state index contributed by atoms with van der Waals surface area (Å²) in [5.41, 5.74) is 6.76. The largest absolute Gasteiger partial charge is 0.505 e. The zero-order chi connectivity index (χ0) is 23.8. The number of aromatic hydroxyl groups is 1. The quantitative estimate of drug-likeness (QED) is 0.284. The van der Waals surface area contributed by atoms with Gasteiger partial charge in [-0.25, -0.2) is 4.79 Å². The van der Waals surface area contributed by atoms with Crippen molar-refractivity contribution in [1.82, 2.24) is 4.57 Å². The first-order valence-electron chi connectivity index (χ1n) is 10.4. The molecule has 0 aliphatic heterocycles. The van der Waals surface area contributed by atoms with E-state index in [4.69, 9.17) is 14.9 Å². The number of para-hydroxylation sites is 2. The van der Waals surface area contributed by atoms with E-state index < -0.39 is 16.9 Å². The van der Waals surface area contributed by atoms with Gasteiger partial charge in [-0.3, -0.25) is 4.79 Å². The summed E-state index contributed by atoms with van der Waals surface area (Å²) in [5, 5.41) is 11.6. The fourth-order valence-corrected chi connectivity index (χ4v) is 4.76. The number of ether oxygens (including phenoxy) is 1. The first-order valence-corrected chi connectivity index (χ1v) is 11.3. The molecule has 0 aliphatic carbocycles. The second kappa shape index (κ2) is 8.64. The number of hydrogen-bond donors (Lipinski definition) is 2. The maximum Gasteiger partial charge on any atom is 0.354 e. The van der Waals surface area contributed by atoms with Crippen molar-refractivity contribution in [3.8, 4) is 11.5 Å². The predicted molar refractivity (Wildman–Crippen MR) is 133 cm³/mol. The van der Waals surface area contributed by atoms with Crippen LogP contribution >= 0.6 is 11.8 Å². The molecule has 8 heteroatoms. The fraction of sp³-hybridized carbons (Fsp3) is 0.0769. The monoisotopic (exact) mass is 472 g/mol. The summed E-state index contributed by atoms with van der Waals surface area (Å²) in [4.78, 5) is 27.0. The van der Waals surface area contributed by atoms with Crippen molar-refractivity contribution < 1.29 is 14.3 Å². The van der Waals surface area contributed by atoms with Gasteiger partial charge < -0.3 is 24.6 Å². The van der Waals surface area contributed by atoms with E-state index in [-0.39, 0.29) is 22.4 Å². The van der Waals surface area contributed by atoms with Crippen LogP contribution in [0.3, 0.4) is 0 Å². The van der Waals surface area contributed by atoms with Crippen molar-refractivity contribution in [3.05, 3.63) is 99.1 Å². The molecule has 0 atom stereocenters. The molecule has 0 saturated heterocycles. The van der Waals surface area contributed by atoms with Crippen LogP contribution in [0.25, 0.3) is 21.9 Å². The van der Waals surface area contributed by atoms with E-state index in [1.54, 1.807) is 60.2 Å². The Hall–Kier alpha value is -4.17. The van der Waals surface area contributed by atoms with Crippen LogP contribution in [0.5, 0.6) is 11.5 Å². The van der Waals surface area contributed by atoms with E-state index in [1.165, 1.54) is 0 Å². The SMILES string of the molecule is COc1ccc(Cn2c(=O)c3c(O)c(Sc4ccccc4N)c(=O)oc3c3ccccc32)cc1. The zero-order valence-corrected chi connectivity index (χ0v) is 19.0. The first kappa shape index (κ1) is 21.7. The Labute approximate surface area is 198 Å². The number of anilines is 1. The third-order valence-electron chi connectivity index (χ3n) is 5.59. The highest BCUT2D eigenvalue weighted by Crippen LogP contribution is 2.38. The van der Waals surface area contributed by atoms with Crippen molar-refractivity contribution in [2.24, 2.45) is 0 Å². The molecule has 0 radical (unpaired) electrons. The van der Waals surface area contributed by atoms with Gasteiger partial charge in [-0.15, -0.1) is 0 Å². The summed E-state index contributed by atoms with van der Waals surface area (Å²) >= 11 is 0.967. The highest BCUT2D eigenvalue weighted by molar-refractivity contribution is 7.99. The van der Waals surface area contributed by atoms with Crippen LogP contribution in [0, 0.1) is 0 Å². The number of benzene rings is 3. The number of hydrogen-bond acceptors (Lipinski definition) is 7. The van der Waals surface area contributed by atoms with Gasteiger partial charge in [0.25, 0.3) is 5.56 Å². The number of pyridine rings is 1. The smallest absolute Gasteiger partial charge is 0.354 e. The Morgan fingerprint density at radius 3 is 2.44 bits per heavy atom. The average molecular weight is 473 g/mol. The van der Waals surface area contributed by atoms with E-state index in [0.717, 1.165) is 17.3 Å². The molecule has 0 bridgehead atoms. The van der Waals surface area contributed by atoms with Crippen molar-refractivity contribution in [2.45, 2.75) is 16.3 Å². The van der Waals surface area contributed by atoms with Gasteiger partial charge in [0.2, 0.25) is 0 Å². The van der Waals surface area contributed by atoms with Gasteiger partial charge in [0.1, 0.15) is 16.0 Å². The van der Waals surface area contributed by atoms with E-state index in [0.29, 0.717) is 27.2 Å². The first-order chi connectivity index (χ1) is 16.5. The van der Waals surface area contributed by atoms with Crippen LogP contribution in [0.4, 0.5) is 5.69 Å². The number of fused-ring (bicyclic) bond motifs is 3. The summed E-state index contributed by atoms with van der Waals surface area (Å²) in [6.45, 7) is 0.256. The van der Waals surface area contributed by atoms with Crippen molar-refractivity contribution in [3.63, 3.8) is 0 Å². The second-order valence-electron chi connectivity index (χ2n) is 7.67. The maximum atomic E-state index is 13.7. The van der Waals surface area contributed by atoms with Crippen molar-refractivity contribution >= 4 is 39.3 Å². The summed E-state index contributed by atoms with van der Waals surface area (Å²) in [6.07, 6.45) is 0. The van der Waals surface area contributed by atoms with Gasteiger partial charge in [-0.2, -0.15) is 0 Å². The molecule has 5 aromatic rings. The van der Waals surface area contributed by atoms with E-state index in [1.807, 2.05) is 24.3 Å². The Morgan fingerprint density at radius 2 is 1.71 bits per heavy atom. The van der Waals surface area contributed by atoms with Crippen molar-refractivity contribution in [1.29, 1.82) is 0 Å². The molecule has 0 unspecified atom stereocenters. The fourth-order valence-electron chi connectivity index (χ4n) is 3.89. The predicted octanol–water partition coefficient (Wildman–Crippen LogP) is 4.60. The highest BCUT2D eigenvalue weighted by atomic mass is 32.2. The average Bonchev–Trinajstić information content (AvgIpc) is 2.85. The number of nitrogens with two attached hydrogens (primary N) is 1. The Balaban J connectivity index is 1.75. The van der Waals surface area contributed by atoms with Gasteiger partial charge in [0.15, 0.2) is 11.3 Å². The van der Waals surface area contributed by atoms with Gasteiger partial charge in [-0.1, -0.05) is 48.2 Å². The Morgan fingerprint density at radius 1 is 1.00 bits per heavy atom. The molecule has 0 aliphatic rings. The molecule has 5 rings (SSSR count). The number of nitrogens with zero attached hydrogens (tertiary/aromatic N) is 1. The van der Waals surface area contributed by atoms with E-state index in [2.05, 4.69) is 0 Å². The summed E-state index contributed by atoms with van der Waals surface area (Å²) < 4.78 is 12.4. The van der Waals surface area contributed by atoms with Gasteiger partial charge >= 0.3 is 5.63 Å². The molecule has 0 fully saturated rings. The summed E-state index contributed by atoms with van der Waals surface area (Å²) in [7, 11) is 1.59. The number of methoxy groups -OCH3 is 1. The maximum absolute atomic E-state index is 13.7. The molecule has 34 heavy (non-hydrogen) atoms. The molecule has 2 aromatic heterocycles. The summed E-state index contributed by atoms with van der Waals surface area (Å²) in [6, 6.07) is 21.5. The lowest BCUT2D eigenvalue weighted by atomic mass is 10.1. The molecule has 2 heterocycles. The van der Waals surface area contributed by atoms with Gasteiger partial charge in [0.05, 0.1) is 19.2 Å². The van der Waals surface area contributed by atoms with E-state index in [9.17, 15) is 14.7 Å². The minimum absolute atomic E-state index is 0.0520. The zero-order valence-electron chi connectivity index (χ0n) is 18.1. The molecular formula is C26H20N2O5S. The van der Waals surface area contributed by atoms with Gasteiger partial charge in [0, 0.05) is 16.0 Å². The lowest BCUT2D eigenvalue weighted by molar-refractivity contribution is 0.414. The van der Waals surface area contributed by atoms with E-state index >= 15 is 0 Å². The number of rotatable bonds is 5. The highest BCUT2D eigenvalue weighted by Gasteiger charge is 2.22.